The van der Waals surface area contributed by atoms with Gasteiger partial charge in [-0.2, -0.15) is 0 Å². The molecule has 1 rings (SSSR count). The highest BCUT2D eigenvalue weighted by Crippen LogP contribution is 2.09. The molecule has 0 bridgehead atoms. The maximum absolute atomic E-state index is 5.59. The van der Waals surface area contributed by atoms with Crippen molar-refractivity contribution in [2.24, 2.45) is 0 Å². The Morgan fingerprint density at radius 2 is 2.20 bits per heavy atom. The van der Waals surface area contributed by atoms with E-state index in [2.05, 4.69) is 30.8 Å². The molecule has 15 heavy (non-hydrogen) atoms. The van der Waals surface area contributed by atoms with Crippen LogP contribution in [0.4, 0.5) is 5.69 Å². The molecule has 0 aliphatic carbocycles. The fraction of sp³-hybridized carbons (Fsp3) is 0.583. The number of aromatic nitrogens is 1. The highest BCUT2D eigenvalue weighted by atomic mass is 15.1. The lowest BCUT2D eigenvalue weighted by Crippen LogP contribution is -2.28. The summed E-state index contributed by atoms with van der Waals surface area (Å²) in [5.41, 5.74) is 7.39. The number of anilines is 1. The Morgan fingerprint density at radius 1 is 1.47 bits per heavy atom. The van der Waals surface area contributed by atoms with Crippen LogP contribution < -0.4 is 5.73 Å². The molecule has 0 aromatic carbocycles. The zero-order chi connectivity index (χ0) is 11.3. The monoisotopic (exact) mass is 207 g/mol. The first-order valence-corrected chi connectivity index (χ1v) is 5.54. The number of nitrogen functional groups attached to an aromatic ring is 1. The van der Waals surface area contributed by atoms with Crippen LogP contribution >= 0.6 is 0 Å². The third-order valence-corrected chi connectivity index (χ3v) is 2.72. The molecule has 0 aliphatic heterocycles. The molecule has 1 unspecified atom stereocenters. The van der Waals surface area contributed by atoms with Gasteiger partial charge in [0.15, 0.2) is 0 Å². The van der Waals surface area contributed by atoms with E-state index in [-0.39, 0.29) is 0 Å². The SMILES string of the molecule is CCCC(C)N(C)Cc1ccc(N)cn1. The smallest absolute Gasteiger partial charge is 0.0545 e. The summed E-state index contributed by atoms with van der Waals surface area (Å²) in [5.74, 6) is 0. The first kappa shape index (κ1) is 12.0. The lowest BCUT2D eigenvalue weighted by atomic mass is 10.1. The predicted octanol–water partition coefficient (Wildman–Crippen LogP) is 2.28. The van der Waals surface area contributed by atoms with Gasteiger partial charge in [-0.1, -0.05) is 13.3 Å². The third kappa shape index (κ3) is 3.88. The number of nitrogens with two attached hydrogens (primary N) is 1. The highest BCUT2D eigenvalue weighted by molar-refractivity contribution is 5.34. The summed E-state index contributed by atoms with van der Waals surface area (Å²) < 4.78 is 0. The van der Waals surface area contributed by atoms with Gasteiger partial charge in [-0.15, -0.1) is 0 Å². The molecule has 84 valence electrons. The molecule has 1 heterocycles. The molecule has 0 amide bonds. The van der Waals surface area contributed by atoms with E-state index in [0.717, 1.165) is 17.9 Å². The molecular weight excluding hydrogens is 186 g/mol. The van der Waals surface area contributed by atoms with Crippen LogP contribution in [0.15, 0.2) is 18.3 Å². The van der Waals surface area contributed by atoms with Crippen molar-refractivity contribution in [2.75, 3.05) is 12.8 Å². The third-order valence-electron chi connectivity index (χ3n) is 2.72. The van der Waals surface area contributed by atoms with Crippen molar-refractivity contribution in [1.29, 1.82) is 0 Å². The summed E-state index contributed by atoms with van der Waals surface area (Å²) in [7, 11) is 2.14. The molecule has 0 aliphatic rings. The summed E-state index contributed by atoms with van der Waals surface area (Å²) in [6, 6.07) is 4.50. The largest absolute Gasteiger partial charge is 0.397 e. The normalized spacial score (nSPS) is 13.1. The number of nitrogens with zero attached hydrogens (tertiary/aromatic N) is 2. The fourth-order valence-electron chi connectivity index (χ4n) is 1.58. The summed E-state index contributed by atoms with van der Waals surface area (Å²) in [6.45, 7) is 5.36. The van der Waals surface area contributed by atoms with Crippen molar-refractivity contribution in [2.45, 2.75) is 39.3 Å². The standard InChI is InChI=1S/C12H21N3/c1-4-5-10(2)15(3)9-12-7-6-11(13)8-14-12/h6-8,10H,4-5,9,13H2,1-3H3. The quantitative estimate of drug-likeness (QED) is 0.805. The van der Waals surface area contributed by atoms with E-state index < -0.39 is 0 Å². The molecule has 0 spiro atoms. The molecular formula is C12H21N3. The van der Waals surface area contributed by atoms with Gasteiger partial charge in [0, 0.05) is 12.6 Å². The zero-order valence-corrected chi connectivity index (χ0v) is 9.90. The first-order valence-electron chi connectivity index (χ1n) is 5.54. The molecule has 0 saturated heterocycles. The Balaban J connectivity index is 2.50. The molecule has 3 nitrogen and oxygen atoms in total. The van der Waals surface area contributed by atoms with Crippen molar-refractivity contribution in [3.8, 4) is 0 Å². The van der Waals surface area contributed by atoms with Gasteiger partial charge in [-0.3, -0.25) is 9.88 Å². The van der Waals surface area contributed by atoms with Crippen LogP contribution in [-0.4, -0.2) is 23.0 Å². The molecule has 0 fully saturated rings. The van der Waals surface area contributed by atoms with E-state index in [1.165, 1.54) is 12.8 Å². The van der Waals surface area contributed by atoms with Gasteiger partial charge in [-0.25, -0.2) is 0 Å². The minimum Gasteiger partial charge on any atom is -0.397 e. The van der Waals surface area contributed by atoms with Gasteiger partial charge >= 0.3 is 0 Å². The van der Waals surface area contributed by atoms with Crippen LogP contribution in [0.5, 0.6) is 0 Å². The summed E-state index contributed by atoms with van der Waals surface area (Å²) in [4.78, 5) is 6.62. The van der Waals surface area contributed by atoms with Crippen LogP contribution in [0.2, 0.25) is 0 Å². The molecule has 2 N–H and O–H groups in total. The van der Waals surface area contributed by atoms with Crippen molar-refractivity contribution in [3.05, 3.63) is 24.0 Å². The van der Waals surface area contributed by atoms with Crippen molar-refractivity contribution < 1.29 is 0 Å². The van der Waals surface area contributed by atoms with Crippen LogP contribution in [0.1, 0.15) is 32.4 Å². The minimum absolute atomic E-state index is 0.606. The van der Waals surface area contributed by atoms with Gasteiger partial charge in [0.25, 0.3) is 0 Å². The van der Waals surface area contributed by atoms with E-state index in [0.29, 0.717) is 6.04 Å². The number of rotatable bonds is 5. The lowest BCUT2D eigenvalue weighted by molar-refractivity contribution is 0.234. The Morgan fingerprint density at radius 3 is 2.73 bits per heavy atom. The topological polar surface area (TPSA) is 42.1 Å². The minimum atomic E-state index is 0.606. The molecule has 0 radical (unpaired) electrons. The maximum Gasteiger partial charge on any atom is 0.0545 e. The molecule has 3 heteroatoms. The zero-order valence-electron chi connectivity index (χ0n) is 9.90. The van der Waals surface area contributed by atoms with Gasteiger partial charge in [0.2, 0.25) is 0 Å². The average Bonchev–Trinajstić information content (AvgIpc) is 2.22. The predicted molar refractivity (Wildman–Crippen MR) is 64.5 cm³/mol. The van der Waals surface area contributed by atoms with Crippen LogP contribution in [0.3, 0.4) is 0 Å². The second-order valence-electron chi connectivity index (χ2n) is 4.14. The molecule has 1 aromatic rings. The van der Waals surface area contributed by atoms with Crippen LogP contribution in [-0.2, 0) is 6.54 Å². The van der Waals surface area contributed by atoms with Gasteiger partial charge in [0.1, 0.15) is 0 Å². The van der Waals surface area contributed by atoms with Crippen molar-refractivity contribution in [3.63, 3.8) is 0 Å². The average molecular weight is 207 g/mol. The first-order chi connectivity index (χ1) is 7.13. The van der Waals surface area contributed by atoms with Crippen molar-refractivity contribution >= 4 is 5.69 Å². The Labute approximate surface area is 92.3 Å². The highest BCUT2D eigenvalue weighted by Gasteiger charge is 2.08. The summed E-state index contributed by atoms with van der Waals surface area (Å²) in [5, 5.41) is 0. The number of hydrogen-bond donors (Lipinski definition) is 1. The van der Waals surface area contributed by atoms with Gasteiger partial charge in [0.05, 0.1) is 17.6 Å². The van der Waals surface area contributed by atoms with E-state index in [1.54, 1.807) is 6.20 Å². The number of hydrogen-bond acceptors (Lipinski definition) is 3. The Bertz CT molecular complexity index is 281. The maximum atomic E-state index is 5.59. The Hall–Kier alpha value is -1.09. The fourth-order valence-corrected chi connectivity index (χ4v) is 1.58. The summed E-state index contributed by atoms with van der Waals surface area (Å²) >= 11 is 0. The van der Waals surface area contributed by atoms with Gasteiger partial charge < -0.3 is 5.73 Å². The van der Waals surface area contributed by atoms with Gasteiger partial charge in [-0.05, 0) is 32.5 Å². The molecule has 1 aromatic heterocycles. The second kappa shape index (κ2) is 5.71. The second-order valence-corrected chi connectivity index (χ2v) is 4.14. The van der Waals surface area contributed by atoms with Crippen LogP contribution in [0.25, 0.3) is 0 Å². The van der Waals surface area contributed by atoms with E-state index in [4.69, 9.17) is 5.73 Å². The van der Waals surface area contributed by atoms with E-state index in [9.17, 15) is 0 Å². The van der Waals surface area contributed by atoms with E-state index >= 15 is 0 Å². The molecule has 1 atom stereocenters. The Kier molecular flexibility index (Phi) is 4.56. The molecule has 0 saturated carbocycles. The number of pyridine rings is 1. The van der Waals surface area contributed by atoms with Crippen LogP contribution in [0, 0.1) is 0 Å². The lowest BCUT2D eigenvalue weighted by Gasteiger charge is -2.23. The van der Waals surface area contributed by atoms with E-state index in [1.807, 2.05) is 12.1 Å². The summed E-state index contributed by atoms with van der Waals surface area (Å²) in [6.07, 6.45) is 4.17. The van der Waals surface area contributed by atoms with Crippen molar-refractivity contribution in [1.82, 2.24) is 9.88 Å².